The van der Waals surface area contributed by atoms with Crippen LogP contribution in [0.4, 0.5) is 0 Å². The fourth-order valence-electron chi connectivity index (χ4n) is 5.39. The zero-order chi connectivity index (χ0) is 15.3. The molecule has 112 valence electrons. The summed E-state index contributed by atoms with van der Waals surface area (Å²) >= 11 is 0. The molecule has 2 saturated carbocycles. The van der Waals surface area contributed by atoms with Crippen LogP contribution < -0.4 is 4.52 Å². The fourth-order valence-corrected chi connectivity index (χ4v) is 5.52. The molecule has 1 aromatic rings. The van der Waals surface area contributed by atoms with Gasteiger partial charge in [-0.25, -0.2) is 0 Å². The molecule has 2 fully saturated rings. The molecule has 0 saturated heterocycles. The summed E-state index contributed by atoms with van der Waals surface area (Å²) in [6.45, 7) is 2.23. The van der Waals surface area contributed by atoms with Crippen LogP contribution in [0.15, 0.2) is 18.2 Å². The normalized spacial score (nSPS) is 38.8. The van der Waals surface area contributed by atoms with Crippen LogP contribution >= 0.6 is 9.41 Å². The Morgan fingerprint density at radius 2 is 2.24 bits per heavy atom. The van der Waals surface area contributed by atoms with E-state index in [0.717, 1.165) is 37.9 Å². The van der Waals surface area contributed by atoms with Crippen molar-refractivity contribution in [1.82, 2.24) is 0 Å². The Bertz CT molecular complexity index is 617. The zero-order valence-electron chi connectivity index (χ0n) is 13.5. The highest BCUT2D eigenvalue weighted by molar-refractivity contribution is 7.10. The summed E-state index contributed by atoms with van der Waals surface area (Å²) in [7, 11) is -0.245. The van der Waals surface area contributed by atoms with E-state index in [4.69, 9.17) is 5.80 Å². The molecule has 0 amide bonds. The van der Waals surface area contributed by atoms with Crippen molar-refractivity contribution in [2.75, 3.05) is 0 Å². The van der Waals surface area contributed by atoms with Gasteiger partial charge in [-0.05, 0) is 73.1 Å². The highest BCUT2D eigenvalue weighted by Gasteiger charge is 2.54. The molecule has 0 spiro atoms. The molecular formula is C18H23O2P. The minimum atomic E-state index is -0.245. The Hall–Kier alpha value is -0.880. The highest BCUT2D eigenvalue weighted by Crippen LogP contribution is 2.59. The number of Topliss-reactive ketones (excluding diaryl/α,β-unsaturated/α-hetero) is 1. The first kappa shape index (κ1) is 12.6. The van der Waals surface area contributed by atoms with E-state index < -0.39 is 0 Å². The molecule has 3 aliphatic carbocycles. The summed E-state index contributed by atoms with van der Waals surface area (Å²) in [5.74, 6) is 3.25. The predicted molar refractivity (Wildman–Crippen MR) is 86.4 cm³/mol. The number of carbonyl (C=O) groups is 1. The third-order valence-corrected chi connectivity index (χ3v) is 6.76. The third-order valence-electron chi connectivity index (χ3n) is 6.52. The van der Waals surface area contributed by atoms with E-state index in [1.165, 1.54) is 17.5 Å². The monoisotopic (exact) mass is 304 g/mol. The van der Waals surface area contributed by atoms with E-state index in [1.54, 1.807) is 0 Å². The van der Waals surface area contributed by atoms with Gasteiger partial charge < -0.3 is 4.52 Å². The predicted octanol–water partition coefficient (Wildman–Crippen LogP) is 4.28. The van der Waals surface area contributed by atoms with Crippen molar-refractivity contribution in [3.8, 4) is 5.75 Å². The number of carbonyl (C=O) groups excluding carboxylic acids is 1. The highest BCUT2D eigenvalue weighted by atomic mass is 31.0. The Balaban J connectivity index is 1.66. The quantitative estimate of drug-likeness (QED) is 0.762. The Labute approximate surface area is 130 Å². The fraction of sp³-hybridized carbons (Fsp3) is 0.611. The maximum Gasteiger partial charge on any atom is 0.139 e. The second-order valence-corrected chi connectivity index (χ2v) is 7.50. The smallest absolute Gasteiger partial charge is 0.139 e. The van der Waals surface area contributed by atoms with E-state index in [1.807, 2.05) is 6.07 Å². The minimum Gasteiger partial charge on any atom is -0.480 e. The lowest BCUT2D eigenvalue weighted by atomic mass is 9.55. The lowest BCUT2D eigenvalue weighted by Gasteiger charge is -2.48. The van der Waals surface area contributed by atoms with Crippen LogP contribution in [0, 0.1) is 17.3 Å². The van der Waals surface area contributed by atoms with Crippen LogP contribution in [0.3, 0.4) is 0 Å². The first-order valence-electron chi connectivity index (χ1n) is 8.63. The standard InChI is InChI=1S/C18H23O2P/c1-18-9-8-14-13-5-3-12(20-21)10-11(13)2-4-15(14)16(18)6-7-17(18)19/h3,5,10,14-16H,2,4,6-9,21H2,1H3/i21T. The summed E-state index contributed by atoms with van der Waals surface area (Å²) in [6.07, 6.45) is 6.41. The second-order valence-electron chi connectivity index (χ2n) is 7.30. The Morgan fingerprint density at radius 1 is 1.33 bits per heavy atom. The maximum atomic E-state index is 12.3. The van der Waals surface area contributed by atoms with Gasteiger partial charge in [0.05, 0.1) is 10.7 Å². The summed E-state index contributed by atoms with van der Waals surface area (Å²) in [5.41, 5.74) is 2.86. The molecule has 2 nitrogen and oxygen atoms in total. The maximum absolute atomic E-state index is 12.3. The molecule has 5 unspecified atom stereocenters. The van der Waals surface area contributed by atoms with Crippen LogP contribution in [0.2, 0.25) is 0 Å². The third kappa shape index (κ3) is 1.91. The van der Waals surface area contributed by atoms with Gasteiger partial charge in [0.25, 0.3) is 0 Å². The zero-order valence-corrected chi connectivity index (χ0v) is 13.5. The molecule has 1 aromatic carbocycles. The number of benzene rings is 1. The second kappa shape index (κ2) is 4.81. The summed E-state index contributed by atoms with van der Waals surface area (Å²) in [4.78, 5) is 12.3. The molecule has 3 heteroatoms. The number of aryl methyl sites for hydroxylation is 1. The van der Waals surface area contributed by atoms with E-state index >= 15 is 0 Å². The molecule has 0 N–H and O–H groups in total. The van der Waals surface area contributed by atoms with Gasteiger partial charge in [0.15, 0.2) is 0 Å². The topological polar surface area (TPSA) is 26.3 Å². The number of hydrogen-bond acceptors (Lipinski definition) is 2. The van der Waals surface area contributed by atoms with Crippen molar-refractivity contribution in [3.63, 3.8) is 0 Å². The summed E-state index contributed by atoms with van der Waals surface area (Å²) < 4.78 is 12.6. The molecular weight excluding hydrogens is 279 g/mol. The Morgan fingerprint density at radius 3 is 3.10 bits per heavy atom. The summed E-state index contributed by atoms with van der Waals surface area (Å²) in [6, 6.07) is 6.39. The minimum absolute atomic E-state index is 0.0337. The largest absolute Gasteiger partial charge is 0.480 e. The lowest BCUT2D eigenvalue weighted by Crippen LogP contribution is -2.42. The molecule has 21 heavy (non-hydrogen) atoms. The van der Waals surface area contributed by atoms with Gasteiger partial charge in [0, 0.05) is 11.8 Å². The average molecular weight is 304 g/mol. The van der Waals surface area contributed by atoms with Crippen LogP contribution in [0.1, 0.15) is 56.1 Å². The molecule has 0 radical (unpaired) electrons. The van der Waals surface area contributed by atoms with Gasteiger partial charge in [-0.2, -0.15) is 0 Å². The van der Waals surface area contributed by atoms with Crippen LogP contribution in [0.25, 0.3) is 0 Å². The van der Waals surface area contributed by atoms with Gasteiger partial charge in [-0.3, -0.25) is 4.79 Å². The van der Waals surface area contributed by atoms with Crippen molar-refractivity contribution in [2.24, 2.45) is 17.3 Å². The van der Waals surface area contributed by atoms with Crippen molar-refractivity contribution in [1.29, 1.82) is 1.28 Å². The average Bonchev–Trinajstić information content (AvgIpc) is 2.83. The number of fused-ring (bicyclic) bond motifs is 5. The van der Waals surface area contributed by atoms with Crippen LogP contribution in [0.5, 0.6) is 5.75 Å². The van der Waals surface area contributed by atoms with E-state index in [0.29, 0.717) is 23.5 Å². The van der Waals surface area contributed by atoms with Crippen molar-refractivity contribution < 1.29 is 9.32 Å². The molecule has 0 bridgehead atoms. The lowest BCUT2D eigenvalue weighted by molar-refractivity contribution is -0.129. The van der Waals surface area contributed by atoms with Gasteiger partial charge >= 0.3 is 0 Å². The van der Waals surface area contributed by atoms with Crippen molar-refractivity contribution in [2.45, 2.75) is 51.4 Å². The van der Waals surface area contributed by atoms with Gasteiger partial charge in [0.1, 0.15) is 11.5 Å². The van der Waals surface area contributed by atoms with Gasteiger partial charge in [0.2, 0.25) is 0 Å². The molecule has 0 heterocycles. The first-order chi connectivity index (χ1) is 10.6. The SMILES string of the molecule is [3H]POc1ccc2c(c1)CCC1C2CCC2(C)C(=O)CCC12. The number of rotatable bonds is 2. The van der Waals surface area contributed by atoms with E-state index in [9.17, 15) is 4.79 Å². The van der Waals surface area contributed by atoms with E-state index in [2.05, 4.69) is 19.1 Å². The van der Waals surface area contributed by atoms with Gasteiger partial charge in [-0.1, -0.05) is 13.0 Å². The van der Waals surface area contributed by atoms with Crippen LogP contribution in [-0.2, 0) is 11.2 Å². The van der Waals surface area contributed by atoms with Crippen LogP contribution in [-0.4, -0.2) is 7.06 Å². The number of hydrogen-bond donors (Lipinski definition) is 0. The van der Waals surface area contributed by atoms with Crippen molar-refractivity contribution in [3.05, 3.63) is 29.3 Å². The number of ketones is 1. The summed E-state index contributed by atoms with van der Waals surface area (Å²) in [5, 5.41) is 0. The van der Waals surface area contributed by atoms with Crippen molar-refractivity contribution >= 4 is 15.2 Å². The molecule has 0 aromatic heterocycles. The van der Waals surface area contributed by atoms with Gasteiger partial charge in [-0.15, -0.1) is 0 Å². The Kier molecular flexibility index (Phi) is 2.90. The molecule has 0 aliphatic heterocycles. The van der Waals surface area contributed by atoms with E-state index in [-0.39, 0.29) is 14.8 Å². The molecule has 3 aliphatic rings. The first-order valence-corrected chi connectivity index (χ1v) is 8.54. The molecule has 5 atom stereocenters. The molecule has 4 rings (SSSR count).